The average molecular weight is 282 g/mol. The monoisotopic (exact) mass is 282 g/mol. The molecule has 1 aromatic carbocycles. The minimum Gasteiger partial charge on any atom is -0.365 e. The Morgan fingerprint density at radius 1 is 1.20 bits per heavy atom. The largest absolute Gasteiger partial charge is 0.416 e. The number of hydrogen-bond donors (Lipinski definition) is 0. The highest BCUT2D eigenvalue weighted by atomic mass is 19.4. The average Bonchev–Trinajstić information content (AvgIpc) is 2.46. The quantitative estimate of drug-likeness (QED) is 0.804. The first-order valence-corrected chi connectivity index (χ1v) is 6.33. The van der Waals surface area contributed by atoms with E-state index in [1.165, 1.54) is 0 Å². The van der Waals surface area contributed by atoms with Crippen LogP contribution in [0.2, 0.25) is 0 Å². The lowest BCUT2D eigenvalue weighted by Crippen LogP contribution is -2.49. The molecule has 0 spiro atoms. The molecule has 3 nitrogen and oxygen atoms in total. The van der Waals surface area contributed by atoms with E-state index in [2.05, 4.69) is 4.98 Å². The summed E-state index contributed by atoms with van der Waals surface area (Å²) in [6.45, 7) is 0.243. The van der Waals surface area contributed by atoms with Gasteiger partial charge in [-0.1, -0.05) is 24.3 Å². The van der Waals surface area contributed by atoms with Crippen molar-refractivity contribution in [1.29, 1.82) is 0 Å². The topological polar surface area (TPSA) is 25.4 Å². The molecule has 1 saturated heterocycles. The number of aromatic nitrogens is 1. The predicted molar refractivity (Wildman–Crippen MR) is 69.8 cm³/mol. The molecule has 0 aliphatic carbocycles. The fraction of sp³-hybridized carbons (Fsp3) is 0.357. The van der Waals surface area contributed by atoms with Gasteiger partial charge in [-0.15, -0.1) is 0 Å². The van der Waals surface area contributed by atoms with Gasteiger partial charge in [0.1, 0.15) is 5.82 Å². The van der Waals surface area contributed by atoms with E-state index >= 15 is 0 Å². The van der Waals surface area contributed by atoms with E-state index in [4.69, 9.17) is 4.74 Å². The predicted octanol–water partition coefficient (Wildman–Crippen LogP) is 3.00. The van der Waals surface area contributed by atoms with Crippen LogP contribution < -0.4 is 4.90 Å². The maximum Gasteiger partial charge on any atom is 0.416 e. The molecule has 0 N–H and O–H groups in total. The maximum atomic E-state index is 12.8. The second kappa shape index (κ2) is 4.94. The zero-order valence-electron chi connectivity index (χ0n) is 10.6. The van der Waals surface area contributed by atoms with Gasteiger partial charge in [-0.3, -0.25) is 0 Å². The van der Waals surface area contributed by atoms with Gasteiger partial charge in [0.25, 0.3) is 0 Å². The minimum absolute atomic E-state index is 0.0507. The number of rotatable bonds is 1. The van der Waals surface area contributed by atoms with Crippen LogP contribution in [0.3, 0.4) is 0 Å². The number of anilines is 1. The molecule has 1 fully saturated rings. The number of benzene rings is 1. The summed E-state index contributed by atoms with van der Waals surface area (Å²) in [5, 5.41) is 1.82. The fourth-order valence-electron chi connectivity index (χ4n) is 2.40. The lowest BCUT2D eigenvalue weighted by Gasteiger charge is -2.35. The van der Waals surface area contributed by atoms with Crippen LogP contribution in [-0.4, -0.2) is 37.0 Å². The molecular formula is C14H13F3N2O. The van der Waals surface area contributed by atoms with Gasteiger partial charge in [0, 0.05) is 18.1 Å². The Balaban J connectivity index is 1.95. The number of ether oxygens (including phenoxy) is 1. The molecule has 1 unspecified atom stereocenters. The highest BCUT2D eigenvalue weighted by Crippen LogP contribution is 2.30. The molecule has 0 saturated carbocycles. The van der Waals surface area contributed by atoms with Crippen molar-refractivity contribution in [3.8, 4) is 0 Å². The highest BCUT2D eigenvalue weighted by Gasteiger charge is 2.43. The Kier molecular flexibility index (Phi) is 3.25. The molecule has 20 heavy (non-hydrogen) atoms. The number of pyridine rings is 1. The van der Waals surface area contributed by atoms with Crippen LogP contribution in [0.4, 0.5) is 19.0 Å². The normalized spacial score (nSPS) is 20.4. The SMILES string of the molecule is FC(F)(F)C1CN(c2nccc3ccccc23)CCO1. The highest BCUT2D eigenvalue weighted by molar-refractivity contribution is 5.92. The summed E-state index contributed by atoms with van der Waals surface area (Å²) in [4.78, 5) is 5.89. The number of morpholine rings is 1. The molecule has 0 amide bonds. The van der Waals surface area contributed by atoms with Gasteiger partial charge in [-0.05, 0) is 11.5 Å². The number of hydrogen-bond acceptors (Lipinski definition) is 3. The summed E-state index contributed by atoms with van der Waals surface area (Å²) in [5.74, 6) is 0.584. The Hall–Kier alpha value is -1.82. The van der Waals surface area contributed by atoms with Gasteiger partial charge in [0.15, 0.2) is 6.10 Å². The lowest BCUT2D eigenvalue weighted by atomic mass is 10.1. The number of fused-ring (bicyclic) bond motifs is 1. The van der Waals surface area contributed by atoms with Crippen molar-refractivity contribution in [3.63, 3.8) is 0 Å². The fourth-order valence-corrected chi connectivity index (χ4v) is 2.40. The molecule has 2 aromatic rings. The number of halogens is 3. The van der Waals surface area contributed by atoms with Gasteiger partial charge in [-0.2, -0.15) is 13.2 Å². The summed E-state index contributed by atoms with van der Waals surface area (Å²) >= 11 is 0. The van der Waals surface area contributed by atoms with Crippen molar-refractivity contribution in [1.82, 2.24) is 4.98 Å². The Bertz CT molecular complexity index is 609. The Morgan fingerprint density at radius 3 is 2.80 bits per heavy atom. The molecule has 1 aromatic heterocycles. The van der Waals surface area contributed by atoms with Crippen molar-refractivity contribution >= 4 is 16.6 Å². The van der Waals surface area contributed by atoms with Crippen LogP contribution in [0.5, 0.6) is 0 Å². The molecule has 106 valence electrons. The van der Waals surface area contributed by atoms with Crippen LogP contribution in [0, 0.1) is 0 Å². The second-order valence-corrected chi connectivity index (χ2v) is 4.70. The zero-order valence-corrected chi connectivity index (χ0v) is 10.6. The van der Waals surface area contributed by atoms with E-state index in [1.807, 2.05) is 30.3 Å². The standard InChI is InChI=1S/C14H13F3N2O/c15-14(16,17)12-9-19(7-8-20-12)13-11-4-2-1-3-10(11)5-6-18-13/h1-6,12H,7-9H2. The first-order chi connectivity index (χ1) is 9.55. The summed E-state index contributed by atoms with van der Waals surface area (Å²) < 4.78 is 43.1. The van der Waals surface area contributed by atoms with E-state index in [0.717, 1.165) is 10.8 Å². The lowest BCUT2D eigenvalue weighted by molar-refractivity contribution is -0.221. The van der Waals surface area contributed by atoms with Gasteiger partial charge >= 0.3 is 6.18 Å². The molecule has 6 heteroatoms. The van der Waals surface area contributed by atoms with Gasteiger partial charge in [0.2, 0.25) is 0 Å². The summed E-state index contributed by atoms with van der Waals surface area (Å²) in [6, 6.07) is 9.39. The van der Waals surface area contributed by atoms with Crippen molar-refractivity contribution < 1.29 is 17.9 Å². The first kappa shape index (κ1) is 13.2. The maximum absolute atomic E-state index is 12.8. The van der Waals surface area contributed by atoms with Crippen molar-refractivity contribution in [2.24, 2.45) is 0 Å². The summed E-state index contributed by atoms with van der Waals surface area (Å²) in [5.41, 5.74) is 0. The van der Waals surface area contributed by atoms with Crippen LogP contribution in [0.25, 0.3) is 10.8 Å². The van der Waals surface area contributed by atoms with E-state index in [0.29, 0.717) is 12.4 Å². The van der Waals surface area contributed by atoms with E-state index in [-0.39, 0.29) is 13.2 Å². The van der Waals surface area contributed by atoms with Gasteiger partial charge in [0.05, 0.1) is 13.2 Å². The molecule has 2 heterocycles. The van der Waals surface area contributed by atoms with Crippen LogP contribution in [-0.2, 0) is 4.74 Å². The summed E-state index contributed by atoms with van der Waals surface area (Å²) in [7, 11) is 0. The van der Waals surface area contributed by atoms with Crippen molar-refractivity contribution in [3.05, 3.63) is 36.5 Å². The third-order valence-electron chi connectivity index (χ3n) is 3.38. The first-order valence-electron chi connectivity index (χ1n) is 6.33. The van der Waals surface area contributed by atoms with Crippen molar-refractivity contribution in [2.45, 2.75) is 12.3 Å². The van der Waals surface area contributed by atoms with Gasteiger partial charge < -0.3 is 9.64 Å². The van der Waals surface area contributed by atoms with Gasteiger partial charge in [-0.25, -0.2) is 4.98 Å². The number of alkyl halides is 3. The Labute approximate surface area is 114 Å². The molecule has 0 radical (unpaired) electrons. The molecule has 0 bridgehead atoms. The second-order valence-electron chi connectivity index (χ2n) is 4.70. The molecule has 1 aliphatic heterocycles. The smallest absolute Gasteiger partial charge is 0.365 e. The molecular weight excluding hydrogens is 269 g/mol. The van der Waals surface area contributed by atoms with Crippen LogP contribution >= 0.6 is 0 Å². The van der Waals surface area contributed by atoms with E-state index in [9.17, 15) is 13.2 Å². The minimum atomic E-state index is -4.34. The van der Waals surface area contributed by atoms with Crippen molar-refractivity contribution in [2.75, 3.05) is 24.6 Å². The van der Waals surface area contributed by atoms with Crippen LogP contribution in [0.15, 0.2) is 36.5 Å². The van der Waals surface area contributed by atoms with E-state index < -0.39 is 12.3 Å². The number of nitrogens with zero attached hydrogens (tertiary/aromatic N) is 2. The van der Waals surface area contributed by atoms with E-state index in [1.54, 1.807) is 11.1 Å². The summed E-state index contributed by atoms with van der Waals surface area (Å²) in [6.07, 6.45) is -4.48. The molecule has 3 rings (SSSR count). The third-order valence-corrected chi connectivity index (χ3v) is 3.38. The molecule has 1 atom stereocenters. The Morgan fingerprint density at radius 2 is 2.00 bits per heavy atom. The molecule has 1 aliphatic rings. The third kappa shape index (κ3) is 2.43. The zero-order chi connectivity index (χ0) is 14.2. The van der Waals surface area contributed by atoms with Crippen LogP contribution in [0.1, 0.15) is 0 Å².